The minimum Gasteiger partial charge on any atom is -0.467 e. The minimum atomic E-state index is -3.72. The number of amides is 1. The van der Waals surface area contributed by atoms with Gasteiger partial charge in [-0.3, -0.25) is 4.79 Å². The Labute approximate surface area is 218 Å². The van der Waals surface area contributed by atoms with E-state index in [9.17, 15) is 13.2 Å². The Kier molecular flexibility index (Phi) is 8.28. The lowest BCUT2D eigenvalue weighted by atomic mass is 10.1. The fourth-order valence-corrected chi connectivity index (χ4v) is 5.87. The summed E-state index contributed by atoms with van der Waals surface area (Å²) in [6.45, 7) is 6.93. The van der Waals surface area contributed by atoms with Crippen LogP contribution in [0, 0.1) is 12.8 Å². The Balaban J connectivity index is 1.65. The van der Waals surface area contributed by atoms with Gasteiger partial charge in [-0.15, -0.1) is 0 Å². The SMILES string of the molecule is Cc1ccccc1CS(=O)(=O)c1ncc(CN(Cc2ccco2)C(=O)Cc2ccccc2)n1CC(C)C. The Hall–Kier alpha value is -3.65. The van der Waals surface area contributed by atoms with Crippen LogP contribution in [0.3, 0.4) is 0 Å². The van der Waals surface area contributed by atoms with Crippen molar-refractivity contribution in [2.24, 2.45) is 5.92 Å². The maximum atomic E-state index is 13.5. The largest absolute Gasteiger partial charge is 0.467 e. The van der Waals surface area contributed by atoms with E-state index < -0.39 is 9.84 Å². The molecule has 0 fully saturated rings. The van der Waals surface area contributed by atoms with Gasteiger partial charge in [0.15, 0.2) is 0 Å². The van der Waals surface area contributed by atoms with Crippen LogP contribution >= 0.6 is 0 Å². The smallest absolute Gasteiger partial charge is 0.228 e. The first-order valence-electron chi connectivity index (χ1n) is 12.4. The van der Waals surface area contributed by atoms with Crippen molar-refractivity contribution in [2.45, 2.75) is 57.7 Å². The van der Waals surface area contributed by atoms with E-state index >= 15 is 0 Å². The third-order valence-corrected chi connectivity index (χ3v) is 7.74. The van der Waals surface area contributed by atoms with E-state index in [1.54, 1.807) is 28.0 Å². The minimum absolute atomic E-state index is 0.0351. The molecule has 37 heavy (non-hydrogen) atoms. The van der Waals surface area contributed by atoms with Crippen LogP contribution in [0.1, 0.15) is 42.0 Å². The number of aromatic nitrogens is 2. The van der Waals surface area contributed by atoms with Crippen LogP contribution < -0.4 is 0 Å². The lowest BCUT2D eigenvalue weighted by molar-refractivity contribution is -0.132. The van der Waals surface area contributed by atoms with E-state index in [0.717, 1.165) is 16.7 Å². The fourth-order valence-electron chi connectivity index (χ4n) is 4.27. The highest BCUT2D eigenvalue weighted by atomic mass is 32.2. The van der Waals surface area contributed by atoms with Gasteiger partial charge in [-0.2, -0.15) is 0 Å². The summed E-state index contributed by atoms with van der Waals surface area (Å²) in [4.78, 5) is 19.5. The highest BCUT2D eigenvalue weighted by Crippen LogP contribution is 2.22. The van der Waals surface area contributed by atoms with Crippen LogP contribution in [0.4, 0.5) is 0 Å². The second-order valence-electron chi connectivity index (χ2n) is 9.71. The van der Waals surface area contributed by atoms with Crippen LogP contribution in [0.15, 0.2) is 88.8 Å². The summed E-state index contributed by atoms with van der Waals surface area (Å²) in [5.41, 5.74) is 3.25. The second-order valence-corrected chi connectivity index (χ2v) is 11.6. The molecular weight excluding hydrogens is 486 g/mol. The Morgan fingerprint density at radius 1 is 1.00 bits per heavy atom. The number of furan rings is 1. The van der Waals surface area contributed by atoms with E-state index in [4.69, 9.17) is 4.42 Å². The molecule has 194 valence electrons. The number of rotatable bonds is 11. The molecule has 4 rings (SSSR count). The number of benzene rings is 2. The van der Waals surface area contributed by atoms with Gasteiger partial charge >= 0.3 is 0 Å². The molecular formula is C29H33N3O4S. The quantitative estimate of drug-likeness (QED) is 0.272. The molecule has 8 heteroatoms. The topological polar surface area (TPSA) is 85.4 Å². The average Bonchev–Trinajstić information content (AvgIpc) is 3.51. The first kappa shape index (κ1) is 26.4. The summed E-state index contributed by atoms with van der Waals surface area (Å²) >= 11 is 0. The lowest BCUT2D eigenvalue weighted by Crippen LogP contribution is -2.32. The zero-order chi connectivity index (χ0) is 26.4. The van der Waals surface area contributed by atoms with Crippen LogP contribution in [-0.4, -0.2) is 28.8 Å². The first-order chi connectivity index (χ1) is 17.7. The number of sulfone groups is 1. The molecule has 7 nitrogen and oxygen atoms in total. The van der Waals surface area contributed by atoms with Gasteiger partial charge in [-0.1, -0.05) is 68.4 Å². The Bertz CT molecular complexity index is 1430. The van der Waals surface area contributed by atoms with Crippen molar-refractivity contribution >= 4 is 15.7 Å². The third kappa shape index (κ3) is 6.77. The van der Waals surface area contributed by atoms with E-state index in [1.807, 2.05) is 81.4 Å². The zero-order valence-corrected chi connectivity index (χ0v) is 22.3. The third-order valence-electron chi connectivity index (χ3n) is 6.16. The van der Waals surface area contributed by atoms with Gasteiger partial charge in [-0.25, -0.2) is 13.4 Å². The van der Waals surface area contributed by atoms with E-state index in [2.05, 4.69) is 4.98 Å². The van der Waals surface area contributed by atoms with Crippen molar-refractivity contribution < 1.29 is 17.6 Å². The Morgan fingerprint density at radius 3 is 2.41 bits per heavy atom. The number of carbonyl (C=O) groups excluding carboxylic acids is 1. The number of imidazole rings is 1. The van der Waals surface area contributed by atoms with Gasteiger partial charge in [-0.05, 0) is 41.7 Å². The molecule has 2 aromatic heterocycles. The molecule has 2 aromatic carbocycles. The number of carbonyl (C=O) groups is 1. The van der Waals surface area contributed by atoms with Gasteiger partial charge < -0.3 is 13.9 Å². The second kappa shape index (κ2) is 11.6. The van der Waals surface area contributed by atoms with Crippen molar-refractivity contribution in [3.63, 3.8) is 0 Å². The molecule has 2 heterocycles. The molecule has 0 radical (unpaired) electrons. The zero-order valence-electron chi connectivity index (χ0n) is 21.5. The molecule has 0 N–H and O–H groups in total. The summed E-state index contributed by atoms with van der Waals surface area (Å²) < 4.78 is 34.3. The van der Waals surface area contributed by atoms with E-state index in [1.165, 1.54) is 0 Å². The fraction of sp³-hybridized carbons (Fsp3) is 0.310. The molecule has 0 saturated carbocycles. The molecule has 0 saturated heterocycles. The highest BCUT2D eigenvalue weighted by molar-refractivity contribution is 7.90. The Morgan fingerprint density at radius 2 is 1.73 bits per heavy atom. The lowest BCUT2D eigenvalue weighted by Gasteiger charge is -2.23. The maximum Gasteiger partial charge on any atom is 0.228 e. The summed E-state index contributed by atoms with van der Waals surface area (Å²) in [5.74, 6) is 0.629. The van der Waals surface area contributed by atoms with Crippen molar-refractivity contribution in [3.05, 3.63) is 107 Å². The molecule has 0 unspecified atom stereocenters. The number of aryl methyl sites for hydroxylation is 1. The number of hydrogen-bond acceptors (Lipinski definition) is 5. The van der Waals surface area contributed by atoms with Crippen molar-refractivity contribution in [3.8, 4) is 0 Å². The van der Waals surface area contributed by atoms with Gasteiger partial charge in [0.2, 0.25) is 20.9 Å². The van der Waals surface area contributed by atoms with Crippen LogP contribution in [0.2, 0.25) is 0 Å². The van der Waals surface area contributed by atoms with Crippen LogP contribution in [-0.2, 0) is 46.4 Å². The predicted molar refractivity (Wildman–Crippen MR) is 142 cm³/mol. The standard InChI is InChI=1S/C29H33N3O4S/c1-22(2)18-32-26(17-30-29(32)37(34,35)21-25-13-8-7-10-23(25)3)19-31(20-27-14-9-15-36-27)28(33)16-24-11-5-4-6-12-24/h4-15,17,22H,16,18-21H2,1-3H3. The molecule has 0 aliphatic rings. The maximum absolute atomic E-state index is 13.5. The number of hydrogen-bond donors (Lipinski definition) is 0. The van der Waals surface area contributed by atoms with Crippen molar-refractivity contribution in [1.29, 1.82) is 0 Å². The van der Waals surface area contributed by atoms with E-state index in [0.29, 0.717) is 18.0 Å². The molecule has 4 aromatic rings. The van der Waals surface area contributed by atoms with Crippen LogP contribution in [0.5, 0.6) is 0 Å². The van der Waals surface area contributed by atoms with Gasteiger partial charge in [0.25, 0.3) is 0 Å². The first-order valence-corrected chi connectivity index (χ1v) is 14.0. The van der Waals surface area contributed by atoms with E-state index in [-0.39, 0.29) is 42.2 Å². The van der Waals surface area contributed by atoms with Crippen molar-refractivity contribution in [2.75, 3.05) is 0 Å². The molecule has 0 aliphatic carbocycles. The summed E-state index contributed by atoms with van der Waals surface area (Å²) in [6.07, 6.45) is 3.39. The molecule has 0 bridgehead atoms. The predicted octanol–water partition coefficient (Wildman–Crippen LogP) is 5.19. The van der Waals surface area contributed by atoms with Gasteiger partial charge in [0.05, 0.1) is 43.4 Å². The highest BCUT2D eigenvalue weighted by Gasteiger charge is 2.27. The normalized spacial score (nSPS) is 11.7. The summed E-state index contributed by atoms with van der Waals surface area (Å²) in [5, 5.41) is 0.0351. The summed E-state index contributed by atoms with van der Waals surface area (Å²) in [7, 11) is -3.72. The monoisotopic (exact) mass is 519 g/mol. The molecule has 0 aliphatic heterocycles. The van der Waals surface area contributed by atoms with Crippen molar-refractivity contribution in [1.82, 2.24) is 14.5 Å². The van der Waals surface area contributed by atoms with Gasteiger partial charge in [0, 0.05) is 6.54 Å². The average molecular weight is 520 g/mol. The summed E-state index contributed by atoms with van der Waals surface area (Å²) in [6, 6.07) is 20.6. The molecule has 1 amide bonds. The van der Waals surface area contributed by atoms with Gasteiger partial charge in [0.1, 0.15) is 5.76 Å². The molecule has 0 spiro atoms. The molecule has 0 atom stereocenters. The van der Waals surface area contributed by atoms with Crippen LogP contribution in [0.25, 0.3) is 0 Å². The number of nitrogens with zero attached hydrogens (tertiary/aromatic N) is 3.